The zero-order valence-corrected chi connectivity index (χ0v) is 20.7. The van der Waals surface area contributed by atoms with Gasteiger partial charge in [-0.15, -0.1) is 12.4 Å². The summed E-state index contributed by atoms with van der Waals surface area (Å²) in [5.74, 6) is -0.0678. The molecule has 3 amide bonds. The lowest BCUT2D eigenvalue weighted by Gasteiger charge is -2.42. The minimum Gasteiger partial charge on any atom is -0.345 e. The van der Waals surface area contributed by atoms with E-state index in [0.717, 1.165) is 36.4 Å². The lowest BCUT2D eigenvalue weighted by molar-refractivity contribution is 0.0827. The van der Waals surface area contributed by atoms with Gasteiger partial charge in [0.05, 0.1) is 0 Å². The van der Waals surface area contributed by atoms with Gasteiger partial charge in [0.25, 0.3) is 5.91 Å². The van der Waals surface area contributed by atoms with E-state index in [1.165, 1.54) is 5.56 Å². The smallest absolute Gasteiger partial charge is 0.324 e. The summed E-state index contributed by atoms with van der Waals surface area (Å²) >= 11 is 6.23. The maximum atomic E-state index is 13.3. The first-order valence-corrected chi connectivity index (χ1v) is 11.6. The van der Waals surface area contributed by atoms with Crippen molar-refractivity contribution >= 4 is 41.6 Å². The van der Waals surface area contributed by atoms with Crippen molar-refractivity contribution in [3.8, 4) is 0 Å². The van der Waals surface area contributed by atoms with Gasteiger partial charge in [0, 0.05) is 61.5 Å². The Kier molecular flexibility index (Phi) is 7.93. The second kappa shape index (κ2) is 10.3. The Labute approximate surface area is 207 Å². The number of nitrogens with zero attached hydrogens (tertiary/aromatic N) is 3. The third-order valence-corrected chi connectivity index (χ3v) is 7.27. The van der Waals surface area contributed by atoms with Gasteiger partial charge in [-0.3, -0.25) is 9.69 Å². The molecule has 1 saturated carbocycles. The number of rotatable bonds is 5. The Morgan fingerprint density at radius 3 is 2.45 bits per heavy atom. The number of nitrogens with two attached hydrogens (primary N) is 1. The Bertz CT molecular complexity index is 1010. The van der Waals surface area contributed by atoms with E-state index in [1.54, 1.807) is 30.0 Å². The zero-order valence-electron chi connectivity index (χ0n) is 19.2. The molecule has 4 rings (SSSR count). The first-order chi connectivity index (χ1) is 15.3. The summed E-state index contributed by atoms with van der Waals surface area (Å²) in [6.07, 6.45) is 3.71. The molecule has 1 aliphatic heterocycles. The molecule has 2 aromatic carbocycles. The van der Waals surface area contributed by atoms with Crippen molar-refractivity contribution in [2.24, 2.45) is 5.73 Å². The summed E-state index contributed by atoms with van der Waals surface area (Å²) in [6, 6.07) is 15.6. The molecular weight excluding hydrogens is 459 g/mol. The van der Waals surface area contributed by atoms with Gasteiger partial charge in [-0.25, -0.2) is 4.79 Å². The largest absolute Gasteiger partial charge is 0.345 e. The molecule has 0 radical (unpaired) electrons. The van der Waals surface area contributed by atoms with Crippen LogP contribution in [-0.4, -0.2) is 61.5 Å². The Balaban J connectivity index is 0.00000306. The summed E-state index contributed by atoms with van der Waals surface area (Å²) in [7, 11) is 3.46. The fourth-order valence-electron chi connectivity index (χ4n) is 5.09. The highest BCUT2D eigenvalue weighted by atomic mass is 35.5. The predicted molar refractivity (Wildman–Crippen MR) is 136 cm³/mol. The van der Waals surface area contributed by atoms with E-state index in [2.05, 4.69) is 6.07 Å². The second-order valence-corrected chi connectivity index (χ2v) is 9.54. The number of hydrogen-bond acceptors (Lipinski definition) is 3. The molecule has 33 heavy (non-hydrogen) atoms. The Morgan fingerprint density at radius 1 is 1.12 bits per heavy atom. The summed E-state index contributed by atoms with van der Waals surface area (Å²) in [5, 5.41) is 0.734. The van der Waals surface area contributed by atoms with E-state index in [0.29, 0.717) is 25.2 Å². The standard InChI is InChI=1S/C25H31ClN4O2.ClH/c1-28(2)23(31)18-5-3-8-22(15-18)30-14-13-29(24(30)32)21-9-11-25(17-27,12-10-21)19-6-4-7-20(26)16-19;/h3-8,15-16,21H,9-14,17,27H2,1-2H3;1H/t21-,25-;. The van der Waals surface area contributed by atoms with Gasteiger partial charge in [0.1, 0.15) is 0 Å². The minimum absolute atomic E-state index is 0. The van der Waals surface area contributed by atoms with Crippen molar-refractivity contribution in [1.29, 1.82) is 0 Å². The molecule has 1 aliphatic carbocycles. The minimum atomic E-state index is -0.0786. The molecule has 1 saturated heterocycles. The molecule has 2 N–H and O–H groups in total. The molecule has 2 aliphatic rings. The summed E-state index contributed by atoms with van der Waals surface area (Å²) in [6.45, 7) is 1.90. The molecule has 0 bridgehead atoms. The number of urea groups is 1. The number of benzene rings is 2. The van der Waals surface area contributed by atoms with Crippen LogP contribution in [0.3, 0.4) is 0 Å². The van der Waals surface area contributed by atoms with Gasteiger partial charge >= 0.3 is 6.03 Å². The molecule has 1 heterocycles. The lowest BCUT2D eigenvalue weighted by atomic mass is 9.68. The number of anilines is 1. The van der Waals surface area contributed by atoms with Crippen molar-refractivity contribution in [3.05, 3.63) is 64.7 Å². The fourth-order valence-corrected chi connectivity index (χ4v) is 5.28. The Morgan fingerprint density at radius 2 is 1.82 bits per heavy atom. The van der Waals surface area contributed by atoms with Gasteiger partial charge in [0.15, 0.2) is 0 Å². The van der Waals surface area contributed by atoms with Gasteiger partial charge in [-0.1, -0.05) is 29.8 Å². The average molecular weight is 491 g/mol. The highest BCUT2D eigenvalue weighted by Gasteiger charge is 2.41. The van der Waals surface area contributed by atoms with Gasteiger partial charge in [-0.2, -0.15) is 0 Å². The number of hydrogen-bond donors (Lipinski definition) is 1. The highest BCUT2D eigenvalue weighted by Crippen LogP contribution is 2.41. The molecule has 0 unspecified atom stereocenters. The molecular formula is C25H32Cl2N4O2. The second-order valence-electron chi connectivity index (χ2n) is 9.10. The molecule has 0 aromatic heterocycles. The highest BCUT2D eigenvalue weighted by molar-refractivity contribution is 6.30. The topological polar surface area (TPSA) is 69.9 Å². The van der Waals surface area contributed by atoms with E-state index < -0.39 is 0 Å². The maximum Gasteiger partial charge on any atom is 0.324 e. The van der Waals surface area contributed by atoms with Crippen molar-refractivity contribution in [1.82, 2.24) is 9.80 Å². The predicted octanol–water partition coefficient (Wildman–Crippen LogP) is 4.54. The van der Waals surface area contributed by atoms with Gasteiger partial charge in [0.2, 0.25) is 0 Å². The normalized spacial score (nSPS) is 22.8. The molecule has 0 atom stereocenters. The average Bonchev–Trinajstić information content (AvgIpc) is 3.19. The van der Waals surface area contributed by atoms with Crippen LogP contribution in [0.5, 0.6) is 0 Å². The third-order valence-electron chi connectivity index (χ3n) is 7.03. The van der Waals surface area contributed by atoms with Crippen molar-refractivity contribution in [2.75, 3.05) is 38.6 Å². The van der Waals surface area contributed by atoms with E-state index >= 15 is 0 Å². The van der Waals surface area contributed by atoms with Gasteiger partial charge < -0.3 is 15.5 Å². The summed E-state index contributed by atoms with van der Waals surface area (Å²) < 4.78 is 0. The first-order valence-electron chi connectivity index (χ1n) is 11.2. The maximum absolute atomic E-state index is 13.3. The lowest BCUT2D eigenvalue weighted by Crippen LogP contribution is -2.46. The van der Waals surface area contributed by atoms with Crippen LogP contribution in [-0.2, 0) is 5.41 Å². The number of halogens is 2. The van der Waals surface area contributed by atoms with Crippen LogP contribution in [0.1, 0.15) is 41.6 Å². The number of carbonyl (C=O) groups excluding carboxylic acids is 2. The fraction of sp³-hybridized carbons (Fsp3) is 0.440. The van der Waals surface area contributed by atoms with Gasteiger partial charge in [-0.05, 0) is 61.6 Å². The number of carbonyl (C=O) groups is 2. The molecule has 2 aromatic rings. The monoisotopic (exact) mass is 490 g/mol. The van der Waals surface area contributed by atoms with Crippen LogP contribution >= 0.6 is 24.0 Å². The molecule has 0 spiro atoms. The SMILES string of the molecule is CN(C)C(=O)c1cccc(N2CCN([C@H]3CC[C@](CN)(c4cccc(Cl)c4)CC3)C2=O)c1.Cl. The molecule has 178 valence electrons. The van der Waals surface area contributed by atoms with E-state index in [1.807, 2.05) is 41.3 Å². The van der Waals surface area contributed by atoms with E-state index in [9.17, 15) is 9.59 Å². The van der Waals surface area contributed by atoms with Crippen molar-refractivity contribution in [3.63, 3.8) is 0 Å². The van der Waals surface area contributed by atoms with Crippen LogP contribution in [0.2, 0.25) is 5.02 Å². The molecule has 8 heteroatoms. The van der Waals surface area contributed by atoms with Crippen LogP contribution in [0.15, 0.2) is 48.5 Å². The molecule has 2 fully saturated rings. The first kappa shape index (κ1) is 25.3. The van der Waals surface area contributed by atoms with E-state index in [-0.39, 0.29) is 35.8 Å². The quantitative estimate of drug-likeness (QED) is 0.668. The van der Waals surface area contributed by atoms with Crippen molar-refractivity contribution in [2.45, 2.75) is 37.1 Å². The van der Waals surface area contributed by atoms with Crippen LogP contribution in [0.25, 0.3) is 0 Å². The zero-order chi connectivity index (χ0) is 22.9. The van der Waals surface area contributed by atoms with Crippen LogP contribution in [0.4, 0.5) is 10.5 Å². The third kappa shape index (κ3) is 4.98. The number of amides is 3. The Hall–Kier alpha value is -2.28. The van der Waals surface area contributed by atoms with Crippen LogP contribution < -0.4 is 10.6 Å². The van der Waals surface area contributed by atoms with Crippen molar-refractivity contribution < 1.29 is 9.59 Å². The van der Waals surface area contributed by atoms with Crippen LogP contribution in [0, 0.1) is 0 Å². The van der Waals surface area contributed by atoms with E-state index in [4.69, 9.17) is 17.3 Å². The summed E-state index contributed by atoms with van der Waals surface area (Å²) in [5.41, 5.74) is 8.72. The summed E-state index contributed by atoms with van der Waals surface area (Å²) in [4.78, 5) is 30.9. The molecule has 6 nitrogen and oxygen atoms in total.